The topological polar surface area (TPSA) is 118 Å². The molecule has 3 rings (SSSR count). The van der Waals surface area contributed by atoms with Gasteiger partial charge in [-0.1, -0.05) is 12.1 Å². The molecule has 0 spiro atoms. The number of rotatable bonds is 6. The molecular formula is C19H15N3O5S2. The Bertz CT molecular complexity index is 1090. The Hall–Kier alpha value is -3.37. The maximum Gasteiger partial charge on any atom is 0.313 e. The number of aryl methyl sites for hydroxylation is 1. The monoisotopic (exact) mass is 429 g/mol. The van der Waals surface area contributed by atoms with Gasteiger partial charge >= 0.3 is 11.8 Å². The van der Waals surface area contributed by atoms with E-state index in [4.69, 9.17) is 0 Å². The van der Waals surface area contributed by atoms with Gasteiger partial charge in [-0.15, -0.1) is 22.7 Å². The fraction of sp³-hybridized carbons (Fsp3) is 0.105. The van der Waals surface area contributed by atoms with Crippen molar-refractivity contribution >= 4 is 51.6 Å². The third kappa shape index (κ3) is 4.92. The molecule has 0 saturated carbocycles. The van der Waals surface area contributed by atoms with Crippen LogP contribution < -0.4 is 10.6 Å². The number of ketones is 1. The fourth-order valence-corrected chi connectivity index (χ4v) is 4.09. The Morgan fingerprint density at radius 2 is 1.86 bits per heavy atom. The number of hydrogen-bond acceptors (Lipinski definition) is 7. The van der Waals surface area contributed by atoms with Crippen LogP contribution in [0.4, 0.5) is 11.4 Å². The lowest BCUT2D eigenvalue weighted by Gasteiger charge is -2.07. The molecule has 2 aromatic heterocycles. The van der Waals surface area contributed by atoms with E-state index in [2.05, 4.69) is 10.6 Å². The number of carbonyl (C=O) groups is 3. The summed E-state index contributed by atoms with van der Waals surface area (Å²) >= 11 is 2.57. The molecule has 0 fully saturated rings. The highest BCUT2D eigenvalue weighted by Crippen LogP contribution is 2.25. The molecule has 0 saturated heterocycles. The second kappa shape index (κ2) is 8.76. The van der Waals surface area contributed by atoms with E-state index in [0.29, 0.717) is 20.2 Å². The van der Waals surface area contributed by atoms with Gasteiger partial charge in [-0.05, 0) is 42.1 Å². The van der Waals surface area contributed by atoms with Crippen LogP contribution in [0, 0.1) is 17.0 Å². The van der Waals surface area contributed by atoms with Crippen molar-refractivity contribution in [3.05, 3.63) is 78.2 Å². The van der Waals surface area contributed by atoms with E-state index >= 15 is 0 Å². The molecule has 0 radical (unpaired) electrons. The molecule has 2 N–H and O–H groups in total. The number of amides is 2. The summed E-state index contributed by atoms with van der Waals surface area (Å²) < 4.78 is 0. The van der Waals surface area contributed by atoms with E-state index in [-0.39, 0.29) is 23.7 Å². The number of anilines is 1. The first-order valence-corrected chi connectivity index (χ1v) is 10.1. The van der Waals surface area contributed by atoms with E-state index < -0.39 is 16.7 Å². The number of hydrogen-bond donors (Lipinski definition) is 2. The number of nitro benzene ring substituents is 1. The van der Waals surface area contributed by atoms with Crippen LogP contribution in [0.3, 0.4) is 0 Å². The minimum Gasteiger partial charge on any atom is -0.343 e. The normalized spacial score (nSPS) is 10.4. The molecule has 8 nitrogen and oxygen atoms in total. The maximum atomic E-state index is 12.3. The van der Waals surface area contributed by atoms with Gasteiger partial charge < -0.3 is 10.6 Å². The van der Waals surface area contributed by atoms with Gasteiger partial charge in [-0.25, -0.2) is 0 Å². The molecule has 0 aliphatic heterocycles. The summed E-state index contributed by atoms with van der Waals surface area (Å²) in [6, 6.07) is 11.2. The summed E-state index contributed by atoms with van der Waals surface area (Å²) in [5, 5.41) is 17.6. The van der Waals surface area contributed by atoms with Crippen molar-refractivity contribution < 1.29 is 19.3 Å². The van der Waals surface area contributed by atoms with Crippen LogP contribution in [0.15, 0.2) is 47.8 Å². The van der Waals surface area contributed by atoms with E-state index in [9.17, 15) is 24.5 Å². The van der Waals surface area contributed by atoms with Crippen molar-refractivity contribution in [1.29, 1.82) is 0 Å². The quantitative estimate of drug-likeness (QED) is 0.269. The highest BCUT2D eigenvalue weighted by Gasteiger charge is 2.20. The van der Waals surface area contributed by atoms with E-state index in [1.165, 1.54) is 34.8 Å². The summed E-state index contributed by atoms with van der Waals surface area (Å²) in [6.45, 7) is 1.74. The zero-order chi connectivity index (χ0) is 21.0. The van der Waals surface area contributed by atoms with Crippen LogP contribution in [0.2, 0.25) is 0 Å². The van der Waals surface area contributed by atoms with Crippen molar-refractivity contribution in [3.8, 4) is 0 Å². The van der Waals surface area contributed by atoms with Gasteiger partial charge in [0.1, 0.15) is 5.69 Å². The lowest BCUT2D eigenvalue weighted by Crippen LogP contribution is -2.34. The molecular weight excluding hydrogens is 414 g/mol. The zero-order valence-corrected chi connectivity index (χ0v) is 16.8. The van der Waals surface area contributed by atoms with Crippen LogP contribution in [-0.2, 0) is 16.1 Å². The Morgan fingerprint density at radius 3 is 2.55 bits per heavy atom. The lowest BCUT2D eigenvalue weighted by atomic mass is 10.2. The van der Waals surface area contributed by atoms with Crippen molar-refractivity contribution in [2.45, 2.75) is 13.5 Å². The van der Waals surface area contributed by atoms with Crippen LogP contribution >= 0.6 is 22.7 Å². The van der Waals surface area contributed by atoms with E-state index in [1.54, 1.807) is 37.3 Å². The van der Waals surface area contributed by atoms with Gasteiger partial charge in [0.05, 0.1) is 21.2 Å². The van der Waals surface area contributed by atoms with Crippen molar-refractivity contribution in [2.24, 2.45) is 0 Å². The molecule has 0 bridgehead atoms. The smallest absolute Gasteiger partial charge is 0.313 e. The Labute approximate surface area is 173 Å². The predicted octanol–water partition coefficient (Wildman–Crippen LogP) is 3.51. The molecule has 0 aliphatic rings. The average Bonchev–Trinajstić information content (AvgIpc) is 3.38. The highest BCUT2D eigenvalue weighted by atomic mass is 32.1. The van der Waals surface area contributed by atoms with E-state index in [0.717, 1.165) is 0 Å². The SMILES string of the molecule is Cc1ccc(NC(=O)C(=O)NCc2ccc(C(=O)c3cccs3)s2)c([N+](=O)[O-])c1. The summed E-state index contributed by atoms with van der Waals surface area (Å²) in [4.78, 5) is 48.8. The number of benzene rings is 1. The molecule has 0 atom stereocenters. The third-order valence-corrected chi connectivity index (χ3v) is 5.81. The Morgan fingerprint density at radius 1 is 1.07 bits per heavy atom. The third-order valence-electron chi connectivity index (χ3n) is 3.86. The summed E-state index contributed by atoms with van der Waals surface area (Å²) in [6.07, 6.45) is 0. The van der Waals surface area contributed by atoms with E-state index in [1.807, 2.05) is 5.38 Å². The number of nitrogens with one attached hydrogen (secondary N) is 2. The molecule has 1 aromatic carbocycles. The second-order valence-corrected chi connectivity index (χ2v) is 8.10. The first kappa shape index (κ1) is 20.4. The number of thiophene rings is 2. The first-order valence-electron chi connectivity index (χ1n) is 8.36. The molecule has 10 heteroatoms. The van der Waals surface area contributed by atoms with Crippen molar-refractivity contribution in [3.63, 3.8) is 0 Å². The van der Waals surface area contributed by atoms with Crippen LogP contribution in [-0.4, -0.2) is 22.5 Å². The lowest BCUT2D eigenvalue weighted by molar-refractivity contribution is -0.384. The van der Waals surface area contributed by atoms with Gasteiger partial charge in [-0.3, -0.25) is 24.5 Å². The van der Waals surface area contributed by atoms with Crippen LogP contribution in [0.25, 0.3) is 0 Å². The van der Waals surface area contributed by atoms with Gasteiger partial charge in [0.25, 0.3) is 5.69 Å². The molecule has 2 heterocycles. The van der Waals surface area contributed by atoms with Gasteiger partial charge in [0.15, 0.2) is 0 Å². The van der Waals surface area contributed by atoms with Crippen LogP contribution in [0.1, 0.15) is 25.0 Å². The predicted molar refractivity (Wildman–Crippen MR) is 110 cm³/mol. The fourth-order valence-electron chi connectivity index (χ4n) is 2.45. The standard InChI is InChI=1S/C19H15N3O5S2/c1-11-4-6-13(14(9-11)22(26)27)21-19(25)18(24)20-10-12-5-7-16(29-12)17(23)15-3-2-8-28-15/h2-9H,10H2,1H3,(H,20,24)(H,21,25). The molecule has 0 aliphatic carbocycles. The van der Waals surface area contributed by atoms with Crippen LogP contribution in [0.5, 0.6) is 0 Å². The molecule has 0 unspecified atom stereocenters. The second-order valence-electron chi connectivity index (χ2n) is 5.99. The Kier molecular flexibility index (Phi) is 6.15. The molecule has 3 aromatic rings. The highest BCUT2D eigenvalue weighted by molar-refractivity contribution is 7.16. The summed E-state index contributed by atoms with van der Waals surface area (Å²) in [5.74, 6) is -2.03. The van der Waals surface area contributed by atoms with Gasteiger partial charge in [-0.2, -0.15) is 0 Å². The first-order chi connectivity index (χ1) is 13.8. The zero-order valence-electron chi connectivity index (χ0n) is 15.1. The van der Waals surface area contributed by atoms with Gasteiger partial charge in [0, 0.05) is 10.9 Å². The Balaban J connectivity index is 1.59. The molecule has 148 valence electrons. The average molecular weight is 429 g/mol. The molecule has 2 amide bonds. The largest absolute Gasteiger partial charge is 0.343 e. The maximum absolute atomic E-state index is 12.3. The molecule has 29 heavy (non-hydrogen) atoms. The van der Waals surface area contributed by atoms with Crippen molar-refractivity contribution in [2.75, 3.05) is 5.32 Å². The minimum absolute atomic E-state index is 0.0549. The minimum atomic E-state index is -1.01. The summed E-state index contributed by atoms with van der Waals surface area (Å²) in [5.41, 5.74) is 0.312. The number of nitro groups is 1. The number of nitrogens with zero attached hydrogens (tertiary/aromatic N) is 1. The summed E-state index contributed by atoms with van der Waals surface area (Å²) in [7, 11) is 0. The van der Waals surface area contributed by atoms with Crippen molar-refractivity contribution in [1.82, 2.24) is 5.32 Å². The van der Waals surface area contributed by atoms with Gasteiger partial charge in [0.2, 0.25) is 5.78 Å². The number of carbonyl (C=O) groups excluding carboxylic acids is 3.